The highest BCUT2D eigenvalue weighted by Gasteiger charge is 1.98. The molecule has 0 saturated carbocycles. The topological polar surface area (TPSA) is 0 Å². The molecule has 1 rings (SSSR count). The van der Waals surface area contributed by atoms with E-state index in [9.17, 15) is 0 Å². The Bertz CT molecular complexity index is 264. The van der Waals surface area contributed by atoms with E-state index in [-0.39, 0.29) is 0 Å². The first kappa shape index (κ1) is 8.41. The summed E-state index contributed by atoms with van der Waals surface area (Å²) < 4.78 is 0. The second-order valence-corrected chi connectivity index (χ2v) is 2.86. The highest BCUT2D eigenvalue weighted by molar-refractivity contribution is 7.80. The van der Waals surface area contributed by atoms with Crippen molar-refractivity contribution in [3.05, 3.63) is 35.9 Å². The van der Waals surface area contributed by atoms with Gasteiger partial charge in [0.25, 0.3) is 0 Å². The predicted octanol–water partition coefficient (Wildman–Crippen LogP) is 3.18. The smallest absolute Gasteiger partial charge is 0.0144 e. The second kappa shape index (κ2) is 3.63. The maximum absolute atomic E-state index is 4.40. The van der Waals surface area contributed by atoms with Crippen LogP contribution in [-0.4, -0.2) is 0 Å². The van der Waals surface area contributed by atoms with Crippen LogP contribution in [0.3, 0.4) is 0 Å². The third-order valence-electron chi connectivity index (χ3n) is 1.75. The normalized spacial score (nSPS) is 9.64. The Balaban J connectivity index is 3.20. The molecule has 0 fully saturated rings. The van der Waals surface area contributed by atoms with Crippen LogP contribution in [0.1, 0.15) is 18.1 Å². The van der Waals surface area contributed by atoms with Gasteiger partial charge in [-0.3, -0.25) is 0 Å². The third-order valence-corrected chi connectivity index (χ3v) is 2.30. The summed E-state index contributed by atoms with van der Waals surface area (Å²) in [4.78, 5) is 1.06. The van der Waals surface area contributed by atoms with E-state index in [1.54, 1.807) is 0 Å². The predicted molar refractivity (Wildman–Crippen MR) is 53.2 cm³/mol. The lowest BCUT2D eigenvalue weighted by atomic mass is 10.1. The maximum atomic E-state index is 4.40. The van der Waals surface area contributed by atoms with Gasteiger partial charge in [-0.25, -0.2) is 0 Å². The molecule has 58 valence electrons. The van der Waals surface area contributed by atoms with Crippen molar-refractivity contribution in [3.8, 4) is 0 Å². The Hall–Kier alpha value is -0.690. The van der Waals surface area contributed by atoms with E-state index < -0.39 is 0 Å². The Kier molecular flexibility index (Phi) is 2.77. The van der Waals surface area contributed by atoms with Crippen molar-refractivity contribution in [2.24, 2.45) is 0 Å². The van der Waals surface area contributed by atoms with Crippen LogP contribution in [0.25, 0.3) is 6.08 Å². The Morgan fingerprint density at radius 1 is 1.55 bits per heavy atom. The van der Waals surface area contributed by atoms with Crippen molar-refractivity contribution in [1.82, 2.24) is 0 Å². The van der Waals surface area contributed by atoms with E-state index in [4.69, 9.17) is 0 Å². The van der Waals surface area contributed by atoms with E-state index in [0.717, 1.165) is 16.9 Å². The summed E-state index contributed by atoms with van der Waals surface area (Å²) in [6, 6.07) is 6.15. The van der Waals surface area contributed by atoms with Gasteiger partial charge >= 0.3 is 0 Å². The van der Waals surface area contributed by atoms with Gasteiger partial charge in [-0.1, -0.05) is 37.8 Å². The molecule has 0 heterocycles. The van der Waals surface area contributed by atoms with Crippen molar-refractivity contribution in [3.63, 3.8) is 0 Å². The van der Waals surface area contributed by atoms with Crippen molar-refractivity contribution in [1.29, 1.82) is 0 Å². The van der Waals surface area contributed by atoms with Gasteiger partial charge in [0.15, 0.2) is 0 Å². The molecule has 0 aliphatic rings. The van der Waals surface area contributed by atoms with E-state index in [0.29, 0.717) is 0 Å². The van der Waals surface area contributed by atoms with Gasteiger partial charge in [0.2, 0.25) is 0 Å². The number of thiol groups is 1. The maximum Gasteiger partial charge on any atom is 0.0144 e. The van der Waals surface area contributed by atoms with E-state index in [1.807, 2.05) is 18.2 Å². The largest absolute Gasteiger partial charge is 0.143 e. The first-order valence-corrected chi connectivity index (χ1v) is 4.17. The minimum atomic E-state index is 1.03. The van der Waals surface area contributed by atoms with Gasteiger partial charge in [-0.2, -0.15) is 0 Å². The molecule has 0 aliphatic carbocycles. The molecule has 0 aromatic heterocycles. The summed E-state index contributed by atoms with van der Waals surface area (Å²) in [5.41, 5.74) is 2.40. The van der Waals surface area contributed by atoms with Gasteiger partial charge in [-0.05, 0) is 17.5 Å². The highest BCUT2D eigenvalue weighted by Crippen LogP contribution is 2.20. The first-order chi connectivity index (χ1) is 5.29. The van der Waals surface area contributed by atoms with E-state index in [2.05, 4.69) is 32.2 Å². The average Bonchev–Trinajstić information content (AvgIpc) is 2.05. The number of hydrogen-bond donors (Lipinski definition) is 1. The van der Waals surface area contributed by atoms with Crippen LogP contribution in [0.4, 0.5) is 0 Å². The SMILES string of the molecule is C=Cc1cccc(CC)c1S. The van der Waals surface area contributed by atoms with E-state index in [1.165, 1.54) is 5.56 Å². The fourth-order valence-electron chi connectivity index (χ4n) is 1.06. The van der Waals surface area contributed by atoms with Gasteiger partial charge < -0.3 is 0 Å². The molecule has 0 amide bonds. The van der Waals surface area contributed by atoms with Gasteiger partial charge in [0.1, 0.15) is 0 Å². The minimum absolute atomic E-state index is 1.03. The molecule has 0 unspecified atom stereocenters. The standard InChI is InChI=1S/C10H12S/c1-3-8-6-5-7-9(4-2)10(8)11/h3,5-7,11H,1,4H2,2H3. The molecule has 11 heavy (non-hydrogen) atoms. The lowest BCUT2D eigenvalue weighted by molar-refractivity contribution is 1.08. The molecule has 0 aliphatic heterocycles. The van der Waals surface area contributed by atoms with Gasteiger partial charge in [0.05, 0.1) is 0 Å². The molecular formula is C10H12S. The average molecular weight is 164 g/mol. The van der Waals surface area contributed by atoms with E-state index >= 15 is 0 Å². The monoisotopic (exact) mass is 164 g/mol. The fourth-order valence-corrected chi connectivity index (χ4v) is 1.46. The molecule has 0 atom stereocenters. The Morgan fingerprint density at radius 2 is 2.27 bits per heavy atom. The van der Waals surface area contributed by atoms with Crippen molar-refractivity contribution in [2.45, 2.75) is 18.2 Å². The number of aryl methyl sites for hydroxylation is 1. The summed E-state index contributed by atoms with van der Waals surface area (Å²) in [5.74, 6) is 0. The zero-order valence-corrected chi connectivity index (χ0v) is 7.57. The lowest BCUT2D eigenvalue weighted by Gasteiger charge is -2.04. The molecular weight excluding hydrogens is 152 g/mol. The van der Waals surface area contributed by atoms with Gasteiger partial charge in [-0.15, -0.1) is 12.6 Å². The fraction of sp³-hybridized carbons (Fsp3) is 0.200. The van der Waals surface area contributed by atoms with Crippen LogP contribution in [0.15, 0.2) is 29.7 Å². The Labute approximate surface area is 73.4 Å². The molecule has 1 heteroatoms. The van der Waals surface area contributed by atoms with Crippen molar-refractivity contribution < 1.29 is 0 Å². The third kappa shape index (κ3) is 1.66. The summed E-state index contributed by atoms with van der Waals surface area (Å²) in [5, 5.41) is 0. The van der Waals surface area contributed by atoms with Gasteiger partial charge in [0, 0.05) is 4.90 Å². The summed E-state index contributed by atoms with van der Waals surface area (Å²) in [6.45, 7) is 5.85. The highest BCUT2D eigenvalue weighted by atomic mass is 32.1. The second-order valence-electron chi connectivity index (χ2n) is 2.41. The molecule has 0 radical (unpaired) electrons. The Morgan fingerprint density at radius 3 is 2.82 bits per heavy atom. The zero-order valence-electron chi connectivity index (χ0n) is 6.67. The molecule has 1 aromatic carbocycles. The van der Waals surface area contributed by atoms with Crippen molar-refractivity contribution in [2.75, 3.05) is 0 Å². The van der Waals surface area contributed by atoms with Crippen LogP contribution in [0, 0.1) is 0 Å². The summed E-state index contributed by atoms with van der Waals surface area (Å²) >= 11 is 4.40. The first-order valence-electron chi connectivity index (χ1n) is 3.73. The molecule has 0 N–H and O–H groups in total. The van der Waals surface area contributed by atoms with Crippen LogP contribution in [0.2, 0.25) is 0 Å². The van der Waals surface area contributed by atoms with Crippen LogP contribution in [0.5, 0.6) is 0 Å². The molecule has 0 nitrogen and oxygen atoms in total. The summed E-state index contributed by atoms with van der Waals surface area (Å²) in [6.07, 6.45) is 2.86. The van der Waals surface area contributed by atoms with Crippen LogP contribution in [-0.2, 0) is 6.42 Å². The molecule has 0 saturated heterocycles. The van der Waals surface area contributed by atoms with Crippen LogP contribution < -0.4 is 0 Å². The number of hydrogen-bond acceptors (Lipinski definition) is 1. The lowest BCUT2D eigenvalue weighted by Crippen LogP contribution is -1.85. The molecule has 0 spiro atoms. The number of benzene rings is 1. The molecule has 1 aromatic rings. The quantitative estimate of drug-likeness (QED) is 0.638. The van der Waals surface area contributed by atoms with Crippen LogP contribution >= 0.6 is 12.6 Å². The minimum Gasteiger partial charge on any atom is -0.143 e. The zero-order chi connectivity index (χ0) is 8.27. The van der Waals surface area contributed by atoms with Crippen molar-refractivity contribution >= 4 is 18.7 Å². The summed E-state index contributed by atoms with van der Waals surface area (Å²) in [7, 11) is 0. The number of rotatable bonds is 2. The molecule has 0 bridgehead atoms.